The maximum atomic E-state index is 12.1. The van der Waals surface area contributed by atoms with Crippen molar-refractivity contribution in [1.82, 2.24) is 0 Å². The number of hydrogen-bond acceptors (Lipinski definition) is 3. The minimum absolute atomic E-state index is 0.0224. The summed E-state index contributed by atoms with van der Waals surface area (Å²) in [6, 6.07) is 0. The molecule has 3 heteroatoms. The zero-order chi connectivity index (χ0) is 12.3. The molecule has 1 saturated heterocycles. The Hall–Kier alpha value is -0.830. The Bertz CT molecular complexity index is 300. The second-order valence-electron chi connectivity index (χ2n) is 5.18. The van der Waals surface area contributed by atoms with Gasteiger partial charge in [-0.2, -0.15) is 0 Å². The fourth-order valence-corrected chi connectivity index (χ4v) is 3.30. The van der Waals surface area contributed by atoms with Gasteiger partial charge in [-0.25, -0.2) is 0 Å². The zero-order valence-corrected chi connectivity index (χ0v) is 10.6. The van der Waals surface area contributed by atoms with Crippen molar-refractivity contribution in [3.63, 3.8) is 0 Å². The largest absolute Gasteiger partial charge is 0.469 e. The van der Waals surface area contributed by atoms with Crippen LogP contribution in [0.1, 0.15) is 44.9 Å². The summed E-state index contributed by atoms with van der Waals surface area (Å²) in [6.45, 7) is 3.81. The molecule has 0 N–H and O–H groups in total. The molecule has 2 aliphatic rings. The molecule has 17 heavy (non-hydrogen) atoms. The molecule has 0 aromatic heterocycles. The Morgan fingerprint density at radius 3 is 2.82 bits per heavy atom. The van der Waals surface area contributed by atoms with Crippen LogP contribution in [-0.4, -0.2) is 25.3 Å². The lowest BCUT2D eigenvalue weighted by atomic mass is 9.69. The van der Waals surface area contributed by atoms with Crippen LogP contribution in [0.15, 0.2) is 12.7 Å². The van der Waals surface area contributed by atoms with Gasteiger partial charge in [-0.3, -0.25) is 4.79 Å². The van der Waals surface area contributed by atoms with E-state index in [1.807, 2.05) is 6.08 Å². The van der Waals surface area contributed by atoms with Gasteiger partial charge in [-0.1, -0.05) is 18.9 Å². The molecule has 2 fully saturated rings. The Morgan fingerprint density at radius 1 is 1.35 bits per heavy atom. The molecule has 2 rings (SSSR count). The Morgan fingerprint density at radius 2 is 2.12 bits per heavy atom. The second kappa shape index (κ2) is 5.21. The number of ether oxygens (including phenoxy) is 2. The van der Waals surface area contributed by atoms with Gasteiger partial charge in [0.05, 0.1) is 24.7 Å². The van der Waals surface area contributed by atoms with Crippen molar-refractivity contribution in [2.75, 3.05) is 7.11 Å². The molecule has 0 bridgehead atoms. The third-order valence-electron chi connectivity index (χ3n) is 4.26. The molecule has 96 valence electrons. The molecule has 3 atom stereocenters. The summed E-state index contributed by atoms with van der Waals surface area (Å²) in [7, 11) is 1.48. The van der Waals surface area contributed by atoms with Gasteiger partial charge in [-0.15, -0.1) is 6.58 Å². The highest BCUT2D eigenvalue weighted by molar-refractivity contribution is 5.77. The highest BCUT2D eigenvalue weighted by Crippen LogP contribution is 2.46. The number of carbonyl (C=O) groups is 1. The van der Waals surface area contributed by atoms with E-state index in [0.717, 1.165) is 44.9 Å². The Balaban J connectivity index is 2.24. The summed E-state index contributed by atoms with van der Waals surface area (Å²) in [5, 5.41) is 0. The van der Waals surface area contributed by atoms with E-state index >= 15 is 0 Å². The maximum absolute atomic E-state index is 12.1. The number of rotatable bonds is 2. The van der Waals surface area contributed by atoms with Crippen LogP contribution in [0, 0.1) is 5.41 Å². The Labute approximate surface area is 103 Å². The van der Waals surface area contributed by atoms with Gasteiger partial charge in [0.25, 0.3) is 0 Å². The third-order valence-corrected chi connectivity index (χ3v) is 4.26. The lowest BCUT2D eigenvalue weighted by molar-refractivity contribution is -0.169. The van der Waals surface area contributed by atoms with Crippen molar-refractivity contribution in [2.45, 2.75) is 57.2 Å². The molecule has 1 saturated carbocycles. The van der Waals surface area contributed by atoms with Gasteiger partial charge in [0.2, 0.25) is 0 Å². The zero-order valence-electron chi connectivity index (χ0n) is 10.6. The number of carbonyl (C=O) groups excluding carboxylic acids is 1. The van der Waals surface area contributed by atoms with Crippen LogP contribution in [0.4, 0.5) is 0 Å². The average molecular weight is 238 g/mol. The van der Waals surface area contributed by atoms with Crippen LogP contribution in [-0.2, 0) is 14.3 Å². The number of esters is 1. The smallest absolute Gasteiger partial charge is 0.314 e. The first-order valence-electron chi connectivity index (χ1n) is 6.59. The van der Waals surface area contributed by atoms with Gasteiger partial charge in [-0.05, 0) is 32.1 Å². The van der Waals surface area contributed by atoms with E-state index < -0.39 is 0 Å². The van der Waals surface area contributed by atoms with Crippen molar-refractivity contribution < 1.29 is 14.3 Å². The summed E-state index contributed by atoms with van der Waals surface area (Å²) in [6.07, 6.45) is 9.01. The maximum Gasteiger partial charge on any atom is 0.314 e. The third kappa shape index (κ3) is 2.25. The van der Waals surface area contributed by atoms with E-state index in [2.05, 4.69) is 6.58 Å². The van der Waals surface area contributed by atoms with Crippen LogP contribution < -0.4 is 0 Å². The first-order chi connectivity index (χ1) is 8.23. The van der Waals surface area contributed by atoms with Crippen molar-refractivity contribution in [3.05, 3.63) is 12.7 Å². The van der Waals surface area contributed by atoms with Gasteiger partial charge in [0.1, 0.15) is 0 Å². The van der Waals surface area contributed by atoms with E-state index in [0.29, 0.717) is 0 Å². The summed E-state index contributed by atoms with van der Waals surface area (Å²) in [5.41, 5.74) is -0.384. The van der Waals surface area contributed by atoms with Crippen LogP contribution in [0.25, 0.3) is 0 Å². The molecule has 0 radical (unpaired) electrons. The van der Waals surface area contributed by atoms with Gasteiger partial charge >= 0.3 is 5.97 Å². The molecule has 1 aliphatic heterocycles. The van der Waals surface area contributed by atoms with Crippen molar-refractivity contribution in [1.29, 1.82) is 0 Å². The van der Waals surface area contributed by atoms with Crippen LogP contribution in [0.5, 0.6) is 0 Å². The Kier molecular flexibility index (Phi) is 3.87. The fraction of sp³-hybridized carbons (Fsp3) is 0.786. The van der Waals surface area contributed by atoms with Crippen LogP contribution in [0.3, 0.4) is 0 Å². The standard InChI is InChI=1S/C14H22O3/c1-3-11-7-6-10-14(13(15)16-2)9-5-4-8-12(14)17-11/h3,11-12H,1,4-10H2,2H3/t11-,12-,14+/m0/s1. The summed E-state index contributed by atoms with van der Waals surface area (Å²) >= 11 is 0. The quantitative estimate of drug-likeness (QED) is 0.548. The van der Waals surface area contributed by atoms with Crippen molar-refractivity contribution in [2.24, 2.45) is 5.41 Å². The molecule has 3 nitrogen and oxygen atoms in total. The van der Waals surface area contributed by atoms with E-state index in [-0.39, 0.29) is 23.6 Å². The molecular weight excluding hydrogens is 216 g/mol. The summed E-state index contributed by atoms with van der Waals surface area (Å²) in [5.74, 6) is -0.0769. The highest BCUT2D eigenvalue weighted by Gasteiger charge is 2.50. The van der Waals surface area contributed by atoms with E-state index in [9.17, 15) is 4.79 Å². The fourth-order valence-electron chi connectivity index (χ4n) is 3.30. The predicted molar refractivity (Wildman–Crippen MR) is 65.6 cm³/mol. The molecule has 0 spiro atoms. The normalized spacial score (nSPS) is 37.7. The van der Waals surface area contributed by atoms with Gasteiger partial charge in [0, 0.05) is 0 Å². The van der Waals surface area contributed by atoms with E-state index in [1.54, 1.807) is 0 Å². The lowest BCUT2D eigenvalue weighted by Crippen LogP contribution is -2.46. The van der Waals surface area contributed by atoms with Crippen LogP contribution >= 0.6 is 0 Å². The SMILES string of the molecule is C=C[C@H]1CCC[C@]2(C(=O)OC)CCCC[C@@H]2O1. The first-order valence-corrected chi connectivity index (χ1v) is 6.59. The lowest BCUT2D eigenvalue weighted by Gasteiger charge is -2.40. The molecule has 0 aromatic carbocycles. The molecule has 1 heterocycles. The van der Waals surface area contributed by atoms with Crippen molar-refractivity contribution in [3.8, 4) is 0 Å². The van der Waals surface area contributed by atoms with E-state index in [1.165, 1.54) is 7.11 Å². The minimum Gasteiger partial charge on any atom is -0.469 e. The number of methoxy groups -OCH3 is 1. The summed E-state index contributed by atoms with van der Waals surface area (Å²) in [4.78, 5) is 12.1. The average Bonchev–Trinajstić information content (AvgIpc) is 2.57. The number of fused-ring (bicyclic) bond motifs is 1. The minimum atomic E-state index is -0.384. The summed E-state index contributed by atoms with van der Waals surface area (Å²) < 4.78 is 11.1. The number of hydrogen-bond donors (Lipinski definition) is 0. The van der Waals surface area contributed by atoms with Crippen LogP contribution in [0.2, 0.25) is 0 Å². The predicted octanol–water partition coefficient (Wildman–Crippen LogP) is 2.84. The first kappa shape index (κ1) is 12.6. The van der Waals surface area contributed by atoms with Gasteiger partial charge in [0.15, 0.2) is 0 Å². The molecular formula is C14H22O3. The molecule has 1 aliphatic carbocycles. The van der Waals surface area contributed by atoms with E-state index in [4.69, 9.17) is 9.47 Å². The monoisotopic (exact) mass is 238 g/mol. The topological polar surface area (TPSA) is 35.5 Å². The highest BCUT2D eigenvalue weighted by atomic mass is 16.5. The molecule has 0 amide bonds. The molecule has 0 unspecified atom stereocenters. The van der Waals surface area contributed by atoms with Gasteiger partial charge < -0.3 is 9.47 Å². The molecule has 0 aromatic rings. The second-order valence-corrected chi connectivity index (χ2v) is 5.18. The van der Waals surface area contributed by atoms with Crippen molar-refractivity contribution >= 4 is 5.97 Å².